The van der Waals surface area contributed by atoms with E-state index >= 15 is 0 Å². The summed E-state index contributed by atoms with van der Waals surface area (Å²) in [5, 5.41) is 3.33. The molecule has 2 aromatic rings. The molecule has 0 spiro atoms. The monoisotopic (exact) mass is 404 g/mol. The highest BCUT2D eigenvalue weighted by molar-refractivity contribution is 7.99. The second kappa shape index (κ2) is 10.4. The van der Waals surface area contributed by atoms with E-state index in [0.29, 0.717) is 17.3 Å². The normalized spacial score (nSPS) is 11.7. The molecular weight excluding hydrogens is 380 g/mol. The molecule has 4 nitrogen and oxygen atoms in total. The lowest BCUT2D eigenvalue weighted by Crippen LogP contribution is -2.47. The minimum Gasteiger partial charge on any atom is -0.357 e. The number of likely N-dealkylation sites (N-methyl/N-ethyl adjacent to an activating group) is 1. The first-order valence-electron chi connectivity index (χ1n) is 8.79. The van der Waals surface area contributed by atoms with Crippen LogP contribution in [-0.4, -0.2) is 35.6 Å². The molecule has 6 heteroatoms. The number of carbonyl (C=O) groups excluding carboxylic acids is 2. The van der Waals surface area contributed by atoms with Gasteiger partial charge in [0.15, 0.2) is 0 Å². The Morgan fingerprint density at radius 3 is 2.48 bits per heavy atom. The molecule has 0 saturated carbocycles. The van der Waals surface area contributed by atoms with Crippen LogP contribution in [0.4, 0.5) is 0 Å². The Morgan fingerprint density at radius 1 is 1.15 bits per heavy atom. The molecule has 0 unspecified atom stereocenters. The number of aryl methyl sites for hydroxylation is 1. The number of amides is 2. The third kappa shape index (κ3) is 6.60. The predicted molar refractivity (Wildman–Crippen MR) is 113 cm³/mol. The summed E-state index contributed by atoms with van der Waals surface area (Å²) in [5.74, 6) is 0.816. The van der Waals surface area contributed by atoms with Gasteiger partial charge in [0.1, 0.15) is 6.04 Å². The molecule has 2 amide bonds. The Kier molecular flexibility index (Phi) is 8.20. The Hall–Kier alpha value is -1.98. The summed E-state index contributed by atoms with van der Waals surface area (Å²) in [6.45, 7) is 4.19. The summed E-state index contributed by atoms with van der Waals surface area (Å²) in [7, 11) is 1.59. The lowest BCUT2D eigenvalue weighted by molar-refractivity contribution is -0.138. The fourth-order valence-electron chi connectivity index (χ4n) is 2.72. The molecule has 0 saturated heterocycles. The maximum absolute atomic E-state index is 12.8. The molecule has 0 bridgehead atoms. The van der Waals surface area contributed by atoms with E-state index in [0.717, 1.165) is 22.4 Å². The third-order valence-electron chi connectivity index (χ3n) is 4.26. The van der Waals surface area contributed by atoms with Crippen LogP contribution < -0.4 is 5.32 Å². The molecule has 2 rings (SSSR count). The van der Waals surface area contributed by atoms with Gasteiger partial charge in [0.2, 0.25) is 11.8 Å². The van der Waals surface area contributed by atoms with E-state index in [1.165, 1.54) is 11.8 Å². The van der Waals surface area contributed by atoms with Gasteiger partial charge in [-0.3, -0.25) is 9.59 Å². The first-order chi connectivity index (χ1) is 12.9. The quantitative estimate of drug-likeness (QED) is 0.722. The van der Waals surface area contributed by atoms with Crippen LogP contribution in [0, 0.1) is 6.92 Å². The van der Waals surface area contributed by atoms with E-state index in [4.69, 9.17) is 11.6 Å². The topological polar surface area (TPSA) is 49.4 Å². The number of rotatable bonds is 8. The highest BCUT2D eigenvalue weighted by atomic mass is 35.5. The third-order valence-corrected chi connectivity index (χ3v) is 5.50. The van der Waals surface area contributed by atoms with Crippen molar-refractivity contribution in [3.05, 3.63) is 70.2 Å². The molecule has 0 aromatic heterocycles. The maximum atomic E-state index is 12.8. The number of hydrogen-bond donors (Lipinski definition) is 1. The molecule has 0 aliphatic rings. The van der Waals surface area contributed by atoms with E-state index in [-0.39, 0.29) is 11.8 Å². The van der Waals surface area contributed by atoms with Gasteiger partial charge in [-0.1, -0.05) is 53.6 Å². The van der Waals surface area contributed by atoms with Crippen LogP contribution in [0.25, 0.3) is 0 Å². The van der Waals surface area contributed by atoms with Crippen molar-refractivity contribution in [3.63, 3.8) is 0 Å². The number of thioether (sulfide) groups is 1. The highest BCUT2D eigenvalue weighted by Gasteiger charge is 2.25. The van der Waals surface area contributed by atoms with Gasteiger partial charge in [0.05, 0.1) is 5.75 Å². The van der Waals surface area contributed by atoms with E-state index in [1.54, 1.807) is 18.9 Å². The van der Waals surface area contributed by atoms with Gasteiger partial charge in [0, 0.05) is 24.4 Å². The summed E-state index contributed by atoms with van der Waals surface area (Å²) in [4.78, 5) is 26.6. The Balaban J connectivity index is 2.03. The van der Waals surface area contributed by atoms with Crippen molar-refractivity contribution < 1.29 is 9.59 Å². The van der Waals surface area contributed by atoms with Crippen molar-refractivity contribution in [3.8, 4) is 0 Å². The zero-order chi connectivity index (χ0) is 19.8. The van der Waals surface area contributed by atoms with E-state index in [9.17, 15) is 9.59 Å². The molecule has 1 N–H and O–H groups in total. The second-order valence-corrected chi connectivity index (χ2v) is 7.84. The number of nitrogens with zero attached hydrogens (tertiary/aromatic N) is 1. The largest absolute Gasteiger partial charge is 0.357 e. The molecule has 144 valence electrons. The standard InChI is InChI=1S/C21H25ClN2O2S/c1-15-5-4-6-18(11-15)12-24(16(2)21(26)23-3)20(25)14-27-13-17-7-9-19(22)10-8-17/h4-11,16H,12-14H2,1-3H3,(H,23,26)/t16-/m1/s1. The SMILES string of the molecule is CNC(=O)[C@@H](C)N(Cc1cccc(C)c1)C(=O)CSCc1ccc(Cl)cc1. The first kappa shape index (κ1) is 21.3. The number of hydrogen-bond acceptors (Lipinski definition) is 3. The Labute approximate surface area is 170 Å². The van der Waals surface area contributed by atoms with Crippen LogP contribution in [-0.2, 0) is 21.9 Å². The molecule has 0 radical (unpaired) electrons. The lowest BCUT2D eigenvalue weighted by Gasteiger charge is -2.28. The van der Waals surface area contributed by atoms with Crippen LogP contribution in [0.5, 0.6) is 0 Å². The zero-order valence-corrected chi connectivity index (χ0v) is 17.4. The molecule has 0 heterocycles. The average Bonchev–Trinajstić information content (AvgIpc) is 2.66. The molecule has 0 fully saturated rings. The van der Waals surface area contributed by atoms with Crippen molar-refractivity contribution >= 4 is 35.2 Å². The summed E-state index contributed by atoms with van der Waals surface area (Å²) >= 11 is 7.43. The van der Waals surface area contributed by atoms with Crippen molar-refractivity contribution in [1.29, 1.82) is 0 Å². The molecule has 2 aromatic carbocycles. The highest BCUT2D eigenvalue weighted by Crippen LogP contribution is 2.18. The summed E-state index contributed by atoms with van der Waals surface area (Å²) in [5.41, 5.74) is 3.26. The van der Waals surface area contributed by atoms with Crippen LogP contribution in [0.1, 0.15) is 23.6 Å². The maximum Gasteiger partial charge on any atom is 0.242 e. The molecule has 0 aliphatic carbocycles. The molecule has 1 atom stereocenters. The predicted octanol–water partition coefficient (Wildman–Crippen LogP) is 4.04. The van der Waals surface area contributed by atoms with Crippen LogP contribution in [0.15, 0.2) is 48.5 Å². The van der Waals surface area contributed by atoms with Gasteiger partial charge in [0.25, 0.3) is 0 Å². The number of nitrogens with one attached hydrogen (secondary N) is 1. The number of halogens is 1. The fourth-order valence-corrected chi connectivity index (χ4v) is 3.72. The van der Waals surface area contributed by atoms with E-state index in [2.05, 4.69) is 5.32 Å². The second-order valence-electron chi connectivity index (χ2n) is 6.42. The first-order valence-corrected chi connectivity index (χ1v) is 10.3. The van der Waals surface area contributed by atoms with Gasteiger partial charge in [-0.2, -0.15) is 0 Å². The minimum atomic E-state index is -0.529. The average molecular weight is 405 g/mol. The lowest BCUT2D eigenvalue weighted by atomic mass is 10.1. The van der Waals surface area contributed by atoms with Gasteiger partial charge in [-0.15, -0.1) is 11.8 Å². The summed E-state index contributed by atoms with van der Waals surface area (Å²) in [6.07, 6.45) is 0. The van der Waals surface area contributed by atoms with Crippen LogP contribution in [0.2, 0.25) is 5.02 Å². The Bertz CT molecular complexity index is 780. The van der Waals surface area contributed by atoms with E-state index < -0.39 is 6.04 Å². The smallest absolute Gasteiger partial charge is 0.242 e. The molecule has 27 heavy (non-hydrogen) atoms. The van der Waals surface area contributed by atoms with Gasteiger partial charge in [-0.25, -0.2) is 0 Å². The van der Waals surface area contributed by atoms with Crippen molar-refractivity contribution in [2.75, 3.05) is 12.8 Å². The Morgan fingerprint density at radius 2 is 1.85 bits per heavy atom. The minimum absolute atomic E-state index is 0.0495. The fraction of sp³-hybridized carbons (Fsp3) is 0.333. The molecule has 0 aliphatic heterocycles. The number of benzene rings is 2. The molecular formula is C21H25ClN2O2S. The van der Waals surface area contributed by atoms with Crippen molar-refractivity contribution in [1.82, 2.24) is 10.2 Å². The van der Waals surface area contributed by atoms with Crippen LogP contribution >= 0.6 is 23.4 Å². The van der Waals surface area contributed by atoms with Gasteiger partial charge < -0.3 is 10.2 Å². The van der Waals surface area contributed by atoms with Gasteiger partial charge >= 0.3 is 0 Å². The number of carbonyl (C=O) groups is 2. The summed E-state index contributed by atoms with van der Waals surface area (Å²) < 4.78 is 0. The van der Waals surface area contributed by atoms with Crippen LogP contribution in [0.3, 0.4) is 0 Å². The van der Waals surface area contributed by atoms with E-state index in [1.807, 2.05) is 55.5 Å². The zero-order valence-electron chi connectivity index (χ0n) is 15.9. The van der Waals surface area contributed by atoms with Gasteiger partial charge in [-0.05, 0) is 37.1 Å². The van der Waals surface area contributed by atoms with Crippen molar-refractivity contribution in [2.24, 2.45) is 0 Å². The van der Waals surface area contributed by atoms with Crippen molar-refractivity contribution in [2.45, 2.75) is 32.2 Å². The summed E-state index contributed by atoms with van der Waals surface area (Å²) in [6, 6.07) is 15.1.